The van der Waals surface area contributed by atoms with E-state index in [1.807, 2.05) is 24.3 Å². The normalized spacial score (nSPS) is 16.5. The Morgan fingerprint density at radius 1 is 1.00 bits per heavy atom. The molecule has 0 saturated heterocycles. The van der Waals surface area contributed by atoms with Gasteiger partial charge >= 0.3 is 0 Å². The second kappa shape index (κ2) is 6.75. The number of nitrogens with zero attached hydrogens (tertiary/aromatic N) is 2. The third-order valence-electron chi connectivity index (χ3n) is 4.61. The number of rotatable bonds is 3. The lowest BCUT2D eigenvalue weighted by atomic mass is 9.99. The van der Waals surface area contributed by atoms with Crippen molar-refractivity contribution in [3.63, 3.8) is 0 Å². The Labute approximate surface area is 147 Å². The predicted molar refractivity (Wildman–Crippen MR) is 98.8 cm³/mol. The van der Waals surface area contributed by atoms with E-state index < -0.39 is 5.54 Å². The Bertz CT molecular complexity index is 860. The highest BCUT2D eigenvalue weighted by molar-refractivity contribution is 5.92. The van der Waals surface area contributed by atoms with Crippen molar-refractivity contribution in [2.24, 2.45) is 5.73 Å². The number of nitrogens with two attached hydrogens (primary N) is 1. The lowest BCUT2D eigenvalue weighted by Gasteiger charge is -2.17. The number of aromatic nitrogens is 2. The second-order valence-corrected chi connectivity index (χ2v) is 6.22. The lowest BCUT2D eigenvalue weighted by molar-refractivity contribution is 0.364. The Hall–Kier alpha value is -2.17. The Morgan fingerprint density at radius 2 is 1.75 bits per heavy atom. The molecule has 5 heteroatoms. The maximum Gasteiger partial charge on any atom is 0.250 e. The summed E-state index contributed by atoms with van der Waals surface area (Å²) in [6.07, 6.45) is 7.99. The van der Waals surface area contributed by atoms with Gasteiger partial charge < -0.3 is 10.3 Å². The van der Waals surface area contributed by atoms with Crippen LogP contribution in [0.4, 0.5) is 0 Å². The molecule has 1 aliphatic rings. The first kappa shape index (κ1) is 16.7. The molecule has 24 heavy (non-hydrogen) atoms. The molecule has 0 spiro atoms. The van der Waals surface area contributed by atoms with E-state index in [2.05, 4.69) is 40.5 Å². The van der Waals surface area contributed by atoms with Crippen LogP contribution in [0.15, 0.2) is 47.0 Å². The summed E-state index contributed by atoms with van der Waals surface area (Å²) < 4.78 is 5.35. The summed E-state index contributed by atoms with van der Waals surface area (Å²) in [5.74, 6) is 1.14. The van der Waals surface area contributed by atoms with Gasteiger partial charge in [-0.2, -0.15) is 4.98 Å². The topological polar surface area (TPSA) is 64.9 Å². The van der Waals surface area contributed by atoms with Gasteiger partial charge in [-0.3, -0.25) is 0 Å². The molecule has 1 saturated carbocycles. The number of fused-ring (bicyclic) bond motifs is 1. The molecule has 0 unspecified atom stereocenters. The Balaban J connectivity index is 0.00000169. The summed E-state index contributed by atoms with van der Waals surface area (Å²) in [7, 11) is 0. The summed E-state index contributed by atoms with van der Waals surface area (Å²) >= 11 is 0. The Morgan fingerprint density at radius 3 is 2.58 bits per heavy atom. The zero-order valence-corrected chi connectivity index (χ0v) is 14.1. The van der Waals surface area contributed by atoms with E-state index >= 15 is 0 Å². The zero-order valence-electron chi connectivity index (χ0n) is 13.3. The number of hydrogen-bond donors (Lipinski definition) is 1. The fourth-order valence-electron chi connectivity index (χ4n) is 3.29. The molecule has 0 amide bonds. The summed E-state index contributed by atoms with van der Waals surface area (Å²) in [6, 6.07) is 14.5. The SMILES string of the molecule is Cl.NC1(c2noc(/C=C/c3cccc4ccccc34)n2)CCCC1. The molecule has 2 aromatic carbocycles. The molecule has 1 aliphatic carbocycles. The van der Waals surface area contributed by atoms with Crippen LogP contribution in [0.1, 0.15) is 43.0 Å². The fourth-order valence-corrected chi connectivity index (χ4v) is 3.29. The summed E-state index contributed by atoms with van der Waals surface area (Å²) in [5.41, 5.74) is 7.09. The average molecular weight is 342 g/mol. The Kier molecular flexibility index (Phi) is 4.69. The molecule has 1 aromatic heterocycles. The van der Waals surface area contributed by atoms with E-state index in [9.17, 15) is 0 Å². The molecule has 1 heterocycles. The number of benzene rings is 2. The van der Waals surface area contributed by atoms with Crippen LogP contribution in [0.5, 0.6) is 0 Å². The van der Waals surface area contributed by atoms with Crippen molar-refractivity contribution in [1.29, 1.82) is 0 Å². The number of halogens is 1. The second-order valence-electron chi connectivity index (χ2n) is 6.22. The minimum Gasteiger partial charge on any atom is -0.335 e. The van der Waals surface area contributed by atoms with Crippen LogP contribution in [0.2, 0.25) is 0 Å². The van der Waals surface area contributed by atoms with Crippen LogP contribution >= 0.6 is 12.4 Å². The fraction of sp³-hybridized carbons (Fsp3) is 0.263. The standard InChI is InChI=1S/C19H19N3O.ClH/c20-19(12-3-4-13-19)18-21-17(23-22-18)11-10-15-8-5-7-14-6-1-2-9-16(14)15;/h1-2,5-11H,3-4,12-13,20H2;1H/b11-10+;. The van der Waals surface area contributed by atoms with Crippen molar-refractivity contribution in [3.8, 4) is 0 Å². The van der Waals surface area contributed by atoms with Crippen molar-refractivity contribution >= 4 is 35.3 Å². The highest BCUT2D eigenvalue weighted by Crippen LogP contribution is 2.34. The summed E-state index contributed by atoms with van der Waals surface area (Å²) in [6.45, 7) is 0. The van der Waals surface area contributed by atoms with E-state index in [0.29, 0.717) is 11.7 Å². The first-order valence-electron chi connectivity index (χ1n) is 8.04. The molecule has 124 valence electrons. The molecular formula is C19H20ClN3O. The minimum atomic E-state index is -0.408. The van der Waals surface area contributed by atoms with Gasteiger partial charge in [0.25, 0.3) is 5.89 Å². The van der Waals surface area contributed by atoms with E-state index in [-0.39, 0.29) is 12.4 Å². The maximum absolute atomic E-state index is 6.37. The quantitative estimate of drug-likeness (QED) is 0.759. The molecule has 4 rings (SSSR count). The van der Waals surface area contributed by atoms with Gasteiger partial charge in [-0.25, -0.2) is 0 Å². The van der Waals surface area contributed by atoms with Crippen LogP contribution in [-0.4, -0.2) is 10.1 Å². The van der Waals surface area contributed by atoms with E-state index in [0.717, 1.165) is 31.2 Å². The lowest BCUT2D eigenvalue weighted by Crippen LogP contribution is -2.34. The molecule has 0 aliphatic heterocycles. The van der Waals surface area contributed by atoms with Crippen molar-refractivity contribution < 1.29 is 4.52 Å². The van der Waals surface area contributed by atoms with Gasteiger partial charge in [0.15, 0.2) is 5.82 Å². The van der Waals surface area contributed by atoms with Gasteiger partial charge in [-0.1, -0.05) is 60.5 Å². The summed E-state index contributed by atoms with van der Waals surface area (Å²) in [4.78, 5) is 4.47. The summed E-state index contributed by atoms with van der Waals surface area (Å²) in [5, 5.41) is 6.50. The van der Waals surface area contributed by atoms with E-state index in [1.165, 1.54) is 10.8 Å². The third kappa shape index (κ3) is 3.07. The van der Waals surface area contributed by atoms with Gasteiger partial charge in [-0.05, 0) is 35.3 Å². The molecule has 3 aromatic rings. The van der Waals surface area contributed by atoms with Gasteiger partial charge in [0.1, 0.15) is 0 Å². The van der Waals surface area contributed by atoms with Crippen molar-refractivity contribution in [1.82, 2.24) is 10.1 Å². The maximum atomic E-state index is 6.37. The first-order chi connectivity index (χ1) is 11.2. The molecule has 2 N–H and O–H groups in total. The van der Waals surface area contributed by atoms with Crippen LogP contribution < -0.4 is 5.73 Å². The van der Waals surface area contributed by atoms with Crippen molar-refractivity contribution in [3.05, 3.63) is 59.7 Å². The van der Waals surface area contributed by atoms with Crippen molar-refractivity contribution in [2.45, 2.75) is 31.2 Å². The van der Waals surface area contributed by atoms with Crippen molar-refractivity contribution in [2.75, 3.05) is 0 Å². The zero-order chi connectivity index (χ0) is 15.7. The molecule has 4 nitrogen and oxygen atoms in total. The highest BCUT2D eigenvalue weighted by atomic mass is 35.5. The highest BCUT2D eigenvalue weighted by Gasteiger charge is 2.35. The van der Waals surface area contributed by atoms with Crippen LogP contribution in [-0.2, 0) is 5.54 Å². The molecule has 1 fully saturated rings. The van der Waals surface area contributed by atoms with Gasteiger partial charge in [-0.15, -0.1) is 12.4 Å². The monoisotopic (exact) mass is 341 g/mol. The van der Waals surface area contributed by atoms with Crippen LogP contribution in [0, 0.1) is 0 Å². The molecular weight excluding hydrogens is 322 g/mol. The van der Waals surface area contributed by atoms with Gasteiger partial charge in [0, 0.05) is 6.08 Å². The largest absolute Gasteiger partial charge is 0.335 e. The smallest absolute Gasteiger partial charge is 0.250 e. The first-order valence-corrected chi connectivity index (χ1v) is 8.04. The predicted octanol–water partition coefficient (Wildman–Crippen LogP) is 4.54. The van der Waals surface area contributed by atoms with E-state index in [4.69, 9.17) is 10.3 Å². The molecule has 0 radical (unpaired) electrons. The van der Waals surface area contributed by atoms with Gasteiger partial charge in [0.05, 0.1) is 5.54 Å². The molecule has 0 atom stereocenters. The van der Waals surface area contributed by atoms with Crippen LogP contribution in [0.25, 0.3) is 22.9 Å². The van der Waals surface area contributed by atoms with Gasteiger partial charge in [0.2, 0.25) is 0 Å². The number of hydrogen-bond acceptors (Lipinski definition) is 4. The minimum absolute atomic E-state index is 0. The average Bonchev–Trinajstić information content (AvgIpc) is 3.23. The van der Waals surface area contributed by atoms with E-state index in [1.54, 1.807) is 0 Å². The molecule has 0 bridgehead atoms. The van der Waals surface area contributed by atoms with Crippen LogP contribution in [0.3, 0.4) is 0 Å². The third-order valence-corrected chi connectivity index (χ3v) is 4.61.